The molecule has 6 nitrogen and oxygen atoms in total. The van der Waals surface area contributed by atoms with E-state index >= 15 is 0 Å². The minimum absolute atomic E-state index is 0.107. The fourth-order valence-corrected chi connectivity index (χ4v) is 2.61. The first-order valence-electron chi connectivity index (χ1n) is 7.05. The molecule has 0 bridgehead atoms. The third kappa shape index (κ3) is 3.59. The Balaban J connectivity index is 1.93. The molecule has 1 aromatic rings. The first-order chi connectivity index (χ1) is 9.94. The molecular weight excluding hydrogens is 268 g/mol. The number of carbonyl (C=O) groups is 2. The van der Waals surface area contributed by atoms with E-state index in [0.717, 1.165) is 11.3 Å². The Morgan fingerprint density at radius 3 is 2.71 bits per heavy atom. The zero-order chi connectivity index (χ0) is 15.5. The number of hydrogen-bond donors (Lipinski definition) is 3. The maximum Gasteiger partial charge on any atom is 0.238 e. The zero-order valence-electron chi connectivity index (χ0n) is 12.3. The Morgan fingerprint density at radius 2 is 2.10 bits per heavy atom. The molecule has 1 saturated heterocycles. The van der Waals surface area contributed by atoms with Crippen LogP contribution in [0.1, 0.15) is 18.9 Å². The molecule has 114 valence electrons. The number of nitrogens with zero attached hydrogens (tertiary/aromatic N) is 1. The van der Waals surface area contributed by atoms with Gasteiger partial charge in [0.25, 0.3) is 0 Å². The number of likely N-dealkylation sites (tertiary alicyclic amines) is 1. The van der Waals surface area contributed by atoms with E-state index in [2.05, 4.69) is 5.32 Å². The summed E-state index contributed by atoms with van der Waals surface area (Å²) < 4.78 is 0. The minimum Gasteiger partial charge on any atom is -0.369 e. The van der Waals surface area contributed by atoms with Gasteiger partial charge in [-0.1, -0.05) is 18.2 Å². The van der Waals surface area contributed by atoms with E-state index in [1.165, 1.54) is 0 Å². The molecule has 1 fully saturated rings. The third-order valence-corrected chi connectivity index (χ3v) is 4.03. The van der Waals surface area contributed by atoms with Gasteiger partial charge in [-0.3, -0.25) is 14.5 Å². The predicted octanol–water partition coefficient (Wildman–Crippen LogP) is 0.281. The van der Waals surface area contributed by atoms with Crippen molar-refractivity contribution < 1.29 is 9.59 Å². The lowest BCUT2D eigenvalue weighted by atomic mass is 9.89. The lowest BCUT2D eigenvalue weighted by Gasteiger charge is -2.20. The number of rotatable bonds is 5. The Labute approximate surface area is 124 Å². The second-order valence-electron chi connectivity index (χ2n) is 5.80. The molecule has 1 heterocycles. The molecule has 0 radical (unpaired) electrons. The second kappa shape index (κ2) is 6.24. The molecular formula is C15H22N4O2. The van der Waals surface area contributed by atoms with E-state index in [0.29, 0.717) is 26.1 Å². The maximum atomic E-state index is 12.1. The average Bonchev–Trinajstić information content (AvgIpc) is 2.82. The Morgan fingerprint density at radius 1 is 1.38 bits per heavy atom. The number of benzene rings is 1. The average molecular weight is 290 g/mol. The molecule has 21 heavy (non-hydrogen) atoms. The Hall–Kier alpha value is -1.92. The van der Waals surface area contributed by atoms with Crippen LogP contribution in [0.15, 0.2) is 24.3 Å². The summed E-state index contributed by atoms with van der Waals surface area (Å²) in [6.45, 7) is 3.69. The number of primary amides is 1. The SMILES string of the molecule is CC1(C(N)=O)CCN(CC(=O)Nc2ccccc2CN)C1. The Bertz CT molecular complexity index is 546. The van der Waals surface area contributed by atoms with Crippen LogP contribution in [0, 0.1) is 5.41 Å². The molecule has 1 aliphatic heterocycles. The van der Waals surface area contributed by atoms with E-state index in [1.807, 2.05) is 36.1 Å². The van der Waals surface area contributed by atoms with Crippen molar-refractivity contribution in [1.82, 2.24) is 4.90 Å². The molecule has 6 heteroatoms. The van der Waals surface area contributed by atoms with Gasteiger partial charge in [0.05, 0.1) is 12.0 Å². The van der Waals surface area contributed by atoms with Crippen molar-refractivity contribution in [2.45, 2.75) is 19.9 Å². The molecule has 2 rings (SSSR count). The lowest BCUT2D eigenvalue weighted by molar-refractivity contribution is -0.126. The molecule has 1 aliphatic rings. The van der Waals surface area contributed by atoms with E-state index in [1.54, 1.807) is 0 Å². The summed E-state index contributed by atoms with van der Waals surface area (Å²) in [5.74, 6) is -0.413. The number of anilines is 1. The standard InChI is InChI=1S/C15H22N4O2/c1-15(14(17)21)6-7-19(10-15)9-13(20)18-12-5-3-2-4-11(12)8-16/h2-5H,6-10,16H2,1H3,(H2,17,21)(H,18,20). The quantitative estimate of drug-likeness (QED) is 0.725. The number of carbonyl (C=O) groups excluding carboxylic acids is 2. The molecule has 1 aromatic carbocycles. The molecule has 5 N–H and O–H groups in total. The van der Waals surface area contributed by atoms with Crippen molar-refractivity contribution >= 4 is 17.5 Å². The van der Waals surface area contributed by atoms with E-state index in [-0.39, 0.29) is 18.4 Å². The number of para-hydroxylation sites is 1. The molecule has 1 atom stereocenters. The highest BCUT2D eigenvalue weighted by Crippen LogP contribution is 2.29. The summed E-state index contributed by atoms with van der Waals surface area (Å²) >= 11 is 0. The van der Waals surface area contributed by atoms with Crippen molar-refractivity contribution in [3.8, 4) is 0 Å². The Kier molecular flexibility index (Phi) is 4.59. The van der Waals surface area contributed by atoms with Crippen LogP contribution >= 0.6 is 0 Å². The monoisotopic (exact) mass is 290 g/mol. The van der Waals surface area contributed by atoms with Gasteiger partial charge in [0.1, 0.15) is 0 Å². The summed E-state index contributed by atoms with van der Waals surface area (Å²) in [4.78, 5) is 25.5. The smallest absolute Gasteiger partial charge is 0.238 e. The van der Waals surface area contributed by atoms with Crippen LogP contribution < -0.4 is 16.8 Å². The number of nitrogens with two attached hydrogens (primary N) is 2. The third-order valence-electron chi connectivity index (χ3n) is 4.03. The summed E-state index contributed by atoms with van der Waals surface area (Å²) in [5, 5.41) is 2.87. The highest BCUT2D eigenvalue weighted by Gasteiger charge is 2.39. The van der Waals surface area contributed by atoms with Gasteiger partial charge in [-0.2, -0.15) is 0 Å². The summed E-state index contributed by atoms with van der Waals surface area (Å²) in [6, 6.07) is 7.46. The van der Waals surface area contributed by atoms with Gasteiger partial charge >= 0.3 is 0 Å². The fraction of sp³-hybridized carbons (Fsp3) is 0.467. The van der Waals surface area contributed by atoms with Crippen molar-refractivity contribution in [2.75, 3.05) is 25.0 Å². The molecule has 0 aliphatic carbocycles. The molecule has 0 spiro atoms. The van der Waals surface area contributed by atoms with Gasteiger partial charge < -0.3 is 16.8 Å². The van der Waals surface area contributed by atoms with Crippen LogP contribution in [0.4, 0.5) is 5.69 Å². The van der Waals surface area contributed by atoms with Crippen molar-refractivity contribution in [1.29, 1.82) is 0 Å². The summed E-state index contributed by atoms with van der Waals surface area (Å²) in [7, 11) is 0. The molecule has 0 aromatic heterocycles. The number of amides is 2. The van der Waals surface area contributed by atoms with Crippen molar-refractivity contribution in [3.05, 3.63) is 29.8 Å². The number of nitrogens with one attached hydrogen (secondary N) is 1. The van der Waals surface area contributed by atoms with Crippen LogP contribution in [0.3, 0.4) is 0 Å². The van der Waals surface area contributed by atoms with Crippen LogP contribution in [0.25, 0.3) is 0 Å². The second-order valence-corrected chi connectivity index (χ2v) is 5.80. The molecule has 1 unspecified atom stereocenters. The topological polar surface area (TPSA) is 101 Å². The van der Waals surface area contributed by atoms with Crippen LogP contribution in [-0.2, 0) is 16.1 Å². The number of hydrogen-bond acceptors (Lipinski definition) is 4. The highest BCUT2D eigenvalue weighted by atomic mass is 16.2. The largest absolute Gasteiger partial charge is 0.369 e. The van der Waals surface area contributed by atoms with Gasteiger partial charge in [-0.05, 0) is 31.5 Å². The lowest BCUT2D eigenvalue weighted by Crippen LogP contribution is -2.39. The van der Waals surface area contributed by atoms with Gasteiger partial charge in [-0.25, -0.2) is 0 Å². The van der Waals surface area contributed by atoms with Crippen molar-refractivity contribution in [3.63, 3.8) is 0 Å². The van der Waals surface area contributed by atoms with Crippen LogP contribution in [0.2, 0.25) is 0 Å². The minimum atomic E-state index is -0.532. The van der Waals surface area contributed by atoms with Crippen LogP contribution in [0.5, 0.6) is 0 Å². The van der Waals surface area contributed by atoms with Gasteiger partial charge in [0.15, 0.2) is 0 Å². The zero-order valence-corrected chi connectivity index (χ0v) is 12.3. The van der Waals surface area contributed by atoms with E-state index in [9.17, 15) is 9.59 Å². The van der Waals surface area contributed by atoms with Crippen LogP contribution in [-0.4, -0.2) is 36.3 Å². The highest BCUT2D eigenvalue weighted by molar-refractivity contribution is 5.93. The van der Waals surface area contributed by atoms with E-state index < -0.39 is 5.41 Å². The van der Waals surface area contributed by atoms with Gasteiger partial charge in [0, 0.05) is 18.8 Å². The summed E-state index contributed by atoms with van der Waals surface area (Å²) in [6.07, 6.45) is 0.689. The molecule has 2 amide bonds. The summed E-state index contributed by atoms with van der Waals surface area (Å²) in [5.41, 5.74) is 12.2. The van der Waals surface area contributed by atoms with Gasteiger partial charge in [-0.15, -0.1) is 0 Å². The van der Waals surface area contributed by atoms with Gasteiger partial charge in [0.2, 0.25) is 11.8 Å². The normalized spacial score (nSPS) is 22.2. The maximum absolute atomic E-state index is 12.1. The fourth-order valence-electron chi connectivity index (χ4n) is 2.61. The predicted molar refractivity (Wildman–Crippen MR) is 81.3 cm³/mol. The first-order valence-corrected chi connectivity index (χ1v) is 7.05. The van der Waals surface area contributed by atoms with Crippen molar-refractivity contribution in [2.24, 2.45) is 16.9 Å². The first kappa shape index (κ1) is 15.5. The van der Waals surface area contributed by atoms with E-state index in [4.69, 9.17) is 11.5 Å². The molecule has 0 saturated carbocycles.